The number of hydrogen-bond donors (Lipinski definition) is 1. The summed E-state index contributed by atoms with van der Waals surface area (Å²) in [5.41, 5.74) is 6.53. The van der Waals surface area contributed by atoms with Gasteiger partial charge in [-0.15, -0.1) is 0 Å². The fraction of sp³-hybridized carbons (Fsp3) is 0.0714. The second kappa shape index (κ2) is 6.04. The average molecular weight is 288 g/mol. The Morgan fingerprint density at radius 3 is 2.90 bits per heavy atom. The zero-order valence-corrected chi connectivity index (χ0v) is 11.1. The molecule has 20 heavy (non-hydrogen) atoms. The van der Waals surface area contributed by atoms with E-state index in [-0.39, 0.29) is 12.2 Å². The maximum atomic E-state index is 11.3. The van der Waals surface area contributed by atoms with Crippen LogP contribution in [0.5, 0.6) is 5.75 Å². The number of ether oxygens (including phenoxy) is 1. The topological polar surface area (TPSA) is 89.0 Å². The third-order valence-corrected chi connectivity index (χ3v) is 2.76. The second-order valence-electron chi connectivity index (χ2n) is 3.94. The molecule has 1 aromatic carbocycles. The van der Waals surface area contributed by atoms with Gasteiger partial charge in [0.2, 0.25) is 0 Å². The van der Waals surface area contributed by atoms with Gasteiger partial charge in [-0.05, 0) is 30.3 Å². The Balaban J connectivity index is 2.19. The van der Waals surface area contributed by atoms with Crippen LogP contribution in [-0.2, 0) is 6.61 Å². The number of amides is 1. The van der Waals surface area contributed by atoms with Crippen molar-refractivity contribution in [1.82, 2.24) is 4.98 Å². The van der Waals surface area contributed by atoms with E-state index in [2.05, 4.69) is 4.98 Å². The highest BCUT2D eigenvalue weighted by molar-refractivity contribution is 6.31. The summed E-state index contributed by atoms with van der Waals surface area (Å²) >= 11 is 5.81. The molecule has 1 aromatic heterocycles. The Bertz CT molecular complexity index is 695. The number of rotatable bonds is 4. The van der Waals surface area contributed by atoms with Crippen molar-refractivity contribution in [1.29, 1.82) is 5.26 Å². The van der Waals surface area contributed by atoms with E-state index in [9.17, 15) is 4.79 Å². The molecule has 0 saturated carbocycles. The van der Waals surface area contributed by atoms with Crippen LogP contribution >= 0.6 is 11.6 Å². The van der Waals surface area contributed by atoms with Gasteiger partial charge in [0.1, 0.15) is 12.4 Å². The zero-order chi connectivity index (χ0) is 14.5. The molecule has 100 valence electrons. The number of aromatic nitrogens is 1. The SMILES string of the molecule is N#Cc1ccnc(COc2ccc(Cl)cc2C(N)=O)c1. The average Bonchev–Trinajstić information content (AvgIpc) is 2.46. The highest BCUT2D eigenvalue weighted by Gasteiger charge is 2.10. The molecule has 0 bridgehead atoms. The van der Waals surface area contributed by atoms with Crippen molar-refractivity contribution in [2.45, 2.75) is 6.61 Å². The molecule has 2 N–H and O–H groups in total. The van der Waals surface area contributed by atoms with Crippen LogP contribution in [0.2, 0.25) is 5.02 Å². The van der Waals surface area contributed by atoms with Crippen molar-refractivity contribution in [3.05, 3.63) is 58.4 Å². The molecule has 0 aliphatic heterocycles. The van der Waals surface area contributed by atoms with Gasteiger partial charge >= 0.3 is 0 Å². The number of primary amides is 1. The molecule has 0 radical (unpaired) electrons. The van der Waals surface area contributed by atoms with Crippen molar-refractivity contribution in [3.63, 3.8) is 0 Å². The Morgan fingerprint density at radius 1 is 1.40 bits per heavy atom. The van der Waals surface area contributed by atoms with E-state index >= 15 is 0 Å². The predicted molar refractivity (Wildman–Crippen MR) is 73.3 cm³/mol. The number of carbonyl (C=O) groups is 1. The van der Waals surface area contributed by atoms with Crippen molar-refractivity contribution in [2.24, 2.45) is 5.73 Å². The van der Waals surface area contributed by atoms with Gasteiger partial charge in [0, 0.05) is 11.2 Å². The highest BCUT2D eigenvalue weighted by atomic mass is 35.5. The first-order valence-electron chi connectivity index (χ1n) is 5.67. The minimum absolute atomic E-state index is 0.122. The van der Waals surface area contributed by atoms with Gasteiger partial charge in [-0.2, -0.15) is 5.26 Å². The van der Waals surface area contributed by atoms with Crippen LogP contribution in [0.25, 0.3) is 0 Å². The van der Waals surface area contributed by atoms with Crippen LogP contribution in [0.1, 0.15) is 21.6 Å². The molecule has 5 nitrogen and oxygen atoms in total. The quantitative estimate of drug-likeness (QED) is 0.934. The van der Waals surface area contributed by atoms with E-state index in [1.54, 1.807) is 24.3 Å². The van der Waals surface area contributed by atoms with Crippen LogP contribution in [0.4, 0.5) is 0 Å². The Morgan fingerprint density at radius 2 is 2.20 bits per heavy atom. The molecule has 1 heterocycles. The van der Waals surface area contributed by atoms with Gasteiger partial charge in [0.25, 0.3) is 5.91 Å². The summed E-state index contributed by atoms with van der Waals surface area (Å²) < 4.78 is 5.51. The maximum Gasteiger partial charge on any atom is 0.252 e. The van der Waals surface area contributed by atoms with Gasteiger partial charge in [-0.3, -0.25) is 9.78 Å². The van der Waals surface area contributed by atoms with Gasteiger partial charge in [-0.25, -0.2) is 0 Å². The van der Waals surface area contributed by atoms with Gasteiger partial charge in [0.05, 0.1) is 22.9 Å². The lowest BCUT2D eigenvalue weighted by molar-refractivity contribution is 0.0996. The van der Waals surface area contributed by atoms with E-state index in [0.717, 1.165) is 0 Å². The van der Waals surface area contributed by atoms with E-state index in [1.165, 1.54) is 12.3 Å². The summed E-state index contributed by atoms with van der Waals surface area (Å²) in [5, 5.41) is 9.20. The first-order chi connectivity index (χ1) is 9.60. The monoisotopic (exact) mass is 287 g/mol. The number of benzene rings is 1. The van der Waals surface area contributed by atoms with Gasteiger partial charge in [0.15, 0.2) is 0 Å². The number of nitrogens with zero attached hydrogens (tertiary/aromatic N) is 2. The smallest absolute Gasteiger partial charge is 0.252 e. The van der Waals surface area contributed by atoms with Crippen molar-refractivity contribution >= 4 is 17.5 Å². The molecule has 0 unspecified atom stereocenters. The standard InChI is InChI=1S/C14H10ClN3O2/c15-10-1-2-13(12(6-10)14(17)19)20-8-11-5-9(7-16)3-4-18-11/h1-6H,8H2,(H2,17,19). The number of pyridine rings is 1. The third-order valence-electron chi connectivity index (χ3n) is 2.53. The third kappa shape index (κ3) is 3.25. The van der Waals surface area contributed by atoms with Crippen LogP contribution in [0, 0.1) is 11.3 Å². The van der Waals surface area contributed by atoms with Crippen LogP contribution < -0.4 is 10.5 Å². The summed E-state index contributed by atoms with van der Waals surface area (Å²) in [7, 11) is 0. The van der Waals surface area contributed by atoms with Crippen molar-refractivity contribution in [3.8, 4) is 11.8 Å². The van der Waals surface area contributed by atoms with Gasteiger partial charge in [-0.1, -0.05) is 11.6 Å². The minimum Gasteiger partial charge on any atom is -0.486 e. The largest absolute Gasteiger partial charge is 0.486 e. The summed E-state index contributed by atoms with van der Waals surface area (Å²) in [6.45, 7) is 0.122. The summed E-state index contributed by atoms with van der Waals surface area (Å²) in [5.74, 6) is -0.299. The van der Waals surface area contributed by atoms with E-state index in [1.807, 2.05) is 6.07 Å². The number of carbonyl (C=O) groups excluding carboxylic acids is 1. The first-order valence-corrected chi connectivity index (χ1v) is 6.05. The Hall–Kier alpha value is -2.58. The minimum atomic E-state index is -0.624. The number of halogens is 1. The molecule has 0 spiro atoms. The normalized spacial score (nSPS) is 9.80. The van der Waals surface area contributed by atoms with Crippen molar-refractivity contribution < 1.29 is 9.53 Å². The lowest BCUT2D eigenvalue weighted by Gasteiger charge is -2.09. The second-order valence-corrected chi connectivity index (χ2v) is 4.38. The molecule has 0 fully saturated rings. The fourth-order valence-corrected chi connectivity index (χ4v) is 1.77. The fourth-order valence-electron chi connectivity index (χ4n) is 1.60. The van der Waals surface area contributed by atoms with E-state index in [4.69, 9.17) is 27.3 Å². The number of hydrogen-bond acceptors (Lipinski definition) is 4. The van der Waals surface area contributed by atoms with Crippen LogP contribution in [0.3, 0.4) is 0 Å². The molecular formula is C14H10ClN3O2. The molecule has 6 heteroatoms. The molecule has 0 aliphatic rings. The molecule has 0 aliphatic carbocycles. The summed E-state index contributed by atoms with van der Waals surface area (Å²) in [6.07, 6.45) is 1.52. The molecule has 0 saturated heterocycles. The van der Waals surface area contributed by atoms with Crippen LogP contribution in [-0.4, -0.2) is 10.9 Å². The zero-order valence-electron chi connectivity index (χ0n) is 10.3. The molecule has 2 rings (SSSR count). The van der Waals surface area contributed by atoms with E-state index < -0.39 is 5.91 Å². The summed E-state index contributed by atoms with van der Waals surface area (Å²) in [6, 6.07) is 9.83. The molecule has 2 aromatic rings. The lowest BCUT2D eigenvalue weighted by atomic mass is 10.2. The maximum absolute atomic E-state index is 11.3. The number of nitrogens with two attached hydrogens (primary N) is 1. The summed E-state index contributed by atoms with van der Waals surface area (Å²) in [4.78, 5) is 15.4. The Kier molecular flexibility index (Phi) is 4.18. The lowest BCUT2D eigenvalue weighted by Crippen LogP contribution is -2.13. The van der Waals surface area contributed by atoms with Gasteiger partial charge < -0.3 is 10.5 Å². The Labute approximate surface area is 120 Å². The molecule has 0 atom stereocenters. The molecule has 1 amide bonds. The first kappa shape index (κ1) is 13.8. The van der Waals surface area contributed by atoms with Crippen molar-refractivity contribution in [2.75, 3.05) is 0 Å². The number of nitriles is 1. The molecular weight excluding hydrogens is 278 g/mol. The highest BCUT2D eigenvalue weighted by Crippen LogP contribution is 2.23. The predicted octanol–water partition coefficient (Wildman–Crippen LogP) is 2.28. The van der Waals surface area contributed by atoms with E-state index in [0.29, 0.717) is 22.0 Å². The van der Waals surface area contributed by atoms with Crippen LogP contribution in [0.15, 0.2) is 36.5 Å².